The maximum Gasteiger partial charge on any atom is 0.390 e. The van der Waals surface area contributed by atoms with Crippen molar-refractivity contribution >= 4 is 11.6 Å². The van der Waals surface area contributed by atoms with Gasteiger partial charge in [0.15, 0.2) is 5.82 Å². The van der Waals surface area contributed by atoms with Crippen LogP contribution in [0.25, 0.3) is 0 Å². The molecule has 3 N–H and O–H groups in total. The molecule has 0 bridgehead atoms. The van der Waals surface area contributed by atoms with E-state index in [0.717, 1.165) is 0 Å². The van der Waals surface area contributed by atoms with Crippen LogP contribution >= 0.6 is 0 Å². The van der Waals surface area contributed by atoms with Crippen molar-refractivity contribution in [3.8, 4) is 6.07 Å². The lowest BCUT2D eigenvalue weighted by Gasteiger charge is -2.10. The Morgan fingerprint density at radius 1 is 1.45 bits per heavy atom. The standard InChI is InChI=1S/C11H17F3N6/c1-19(2)5-6-20-9(16)8(7-15)10(18-20)17-4-3-11(12,13)14/h3-6,16H2,1-2H3,(H,17,18). The van der Waals surface area contributed by atoms with E-state index in [4.69, 9.17) is 11.0 Å². The average molecular weight is 290 g/mol. The van der Waals surface area contributed by atoms with E-state index in [1.54, 1.807) is 0 Å². The van der Waals surface area contributed by atoms with Crippen LogP contribution in [0, 0.1) is 11.3 Å². The zero-order chi connectivity index (χ0) is 15.3. The Morgan fingerprint density at radius 2 is 2.10 bits per heavy atom. The third kappa shape index (κ3) is 4.62. The number of likely N-dealkylation sites (N-methyl/N-ethyl adjacent to an activating group) is 1. The van der Waals surface area contributed by atoms with Crippen LogP contribution in [0.1, 0.15) is 12.0 Å². The monoisotopic (exact) mass is 290 g/mol. The van der Waals surface area contributed by atoms with Crippen LogP contribution in [0.3, 0.4) is 0 Å². The van der Waals surface area contributed by atoms with Gasteiger partial charge in [-0.3, -0.25) is 0 Å². The van der Waals surface area contributed by atoms with Gasteiger partial charge < -0.3 is 16.0 Å². The summed E-state index contributed by atoms with van der Waals surface area (Å²) in [5.74, 6) is 0.247. The van der Waals surface area contributed by atoms with Gasteiger partial charge in [0, 0.05) is 13.1 Å². The van der Waals surface area contributed by atoms with Gasteiger partial charge in [0.05, 0.1) is 13.0 Å². The molecule has 112 valence electrons. The fraction of sp³-hybridized carbons (Fsp3) is 0.636. The molecule has 1 heterocycles. The topological polar surface area (TPSA) is 82.9 Å². The predicted octanol–water partition coefficient (Wildman–Crippen LogP) is 1.26. The highest BCUT2D eigenvalue weighted by atomic mass is 19.4. The number of nitrogens with two attached hydrogens (primary N) is 1. The Labute approximate surface area is 114 Å². The summed E-state index contributed by atoms with van der Waals surface area (Å²) in [5, 5.41) is 15.5. The van der Waals surface area contributed by atoms with E-state index in [0.29, 0.717) is 13.1 Å². The van der Waals surface area contributed by atoms with Crippen molar-refractivity contribution < 1.29 is 13.2 Å². The highest BCUT2D eigenvalue weighted by Crippen LogP contribution is 2.23. The van der Waals surface area contributed by atoms with Crippen molar-refractivity contribution in [2.45, 2.75) is 19.1 Å². The fourth-order valence-corrected chi connectivity index (χ4v) is 1.50. The van der Waals surface area contributed by atoms with Gasteiger partial charge in [-0.25, -0.2) is 4.68 Å². The van der Waals surface area contributed by atoms with Crippen LogP contribution in [0.2, 0.25) is 0 Å². The van der Waals surface area contributed by atoms with Crippen molar-refractivity contribution in [3.05, 3.63) is 5.56 Å². The summed E-state index contributed by atoms with van der Waals surface area (Å²) in [6, 6.07) is 1.85. The smallest absolute Gasteiger partial charge is 0.383 e. The summed E-state index contributed by atoms with van der Waals surface area (Å²) in [5.41, 5.74) is 5.83. The molecule has 0 radical (unpaired) electrons. The minimum atomic E-state index is -4.25. The summed E-state index contributed by atoms with van der Waals surface area (Å²) in [6.45, 7) is 0.759. The predicted molar refractivity (Wildman–Crippen MR) is 69.1 cm³/mol. The van der Waals surface area contributed by atoms with E-state index in [-0.39, 0.29) is 23.7 Å². The molecule has 0 aliphatic heterocycles. The number of anilines is 2. The van der Waals surface area contributed by atoms with Crippen molar-refractivity contribution in [1.82, 2.24) is 14.7 Å². The molecule has 0 aliphatic carbocycles. The van der Waals surface area contributed by atoms with E-state index in [9.17, 15) is 13.2 Å². The van der Waals surface area contributed by atoms with Crippen LogP contribution in [0.15, 0.2) is 0 Å². The van der Waals surface area contributed by atoms with Gasteiger partial charge in [0.1, 0.15) is 17.5 Å². The minimum absolute atomic E-state index is 0.0749. The number of hydrogen-bond acceptors (Lipinski definition) is 5. The minimum Gasteiger partial charge on any atom is -0.383 e. The van der Waals surface area contributed by atoms with Gasteiger partial charge in [0.25, 0.3) is 0 Å². The van der Waals surface area contributed by atoms with Gasteiger partial charge in [-0.15, -0.1) is 0 Å². The number of hydrogen-bond donors (Lipinski definition) is 2. The number of nitriles is 1. The van der Waals surface area contributed by atoms with Crippen LogP contribution in [-0.4, -0.2) is 48.0 Å². The Kier molecular flexibility index (Phi) is 5.21. The van der Waals surface area contributed by atoms with Crippen molar-refractivity contribution in [1.29, 1.82) is 5.26 Å². The molecular formula is C11H17F3N6. The summed E-state index contributed by atoms with van der Waals surface area (Å²) < 4.78 is 37.6. The molecule has 9 heteroatoms. The first kappa shape index (κ1) is 16.1. The van der Waals surface area contributed by atoms with Gasteiger partial charge in [-0.1, -0.05) is 0 Å². The van der Waals surface area contributed by atoms with Gasteiger partial charge in [-0.05, 0) is 14.1 Å². The molecule has 0 spiro atoms. The number of nitrogen functional groups attached to an aromatic ring is 1. The first-order valence-corrected chi connectivity index (χ1v) is 5.96. The van der Waals surface area contributed by atoms with E-state index >= 15 is 0 Å². The third-order valence-electron chi connectivity index (χ3n) is 2.56. The van der Waals surface area contributed by atoms with E-state index in [2.05, 4.69) is 10.4 Å². The van der Waals surface area contributed by atoms with Crippen LogP contribution in [0.4, 0.5) is 24.8 Å². The molecule has 1 rings (SSSR count). The number of rotatable bonds is 6. The fourth-order valence-electron chi connectivity index (χ4n) is 1.50. The largest absolute Gasteiger partial charge is 0.390 e. The van der Waals surface area contributed by atoms with Crippen LogP contribution < -0.4 is 11.1 Å². The van der Waals surface area contributed by atoms with E-state index in [1.807, 2.05) is 25.1 Å². The van der Waals surface area contributed by atoms with Crippen molar-refractivity contribution in [2.24, 2.45) is 0 Å². The number of alkyl halides is 3. The quantitative estimate of drug-likeness (QED) is 0.824. The molecule has 1 aromatic rings. The van der Waals surface area contributed by atoms with Crippen molar-refractivity contribution in [2.75, 3.05) is 38.2 Å². The second kappa shape index (κ2) is 6.47. The molecule has 1 aromatic heterocycles. The first-order valence-electron chi connectivity index (χ1n) is 5.96. The molecule has 20 heavy (non-hydrogen) atoms. The zero-order valence-corrected chi connectivity index (χ0v) is 11.3. The number of aromatic nitrogens is 2. The highest BCUT2D eigenvalue weighted by molar-refractivity contribution is 5.63. The molecule has 0 amide bonds. The maximum absolute atomic E-state index is 12.1. The Hall–Kier alpha value is -1.95. The summed E-state index contributed by atoms with van der Waals surface area (Å²) >= 11 is 0. The summed E-state index contributed by atoms with van der Waals surface area (Å²) in [6.07, 6.45) is -5.25. The highest BCUT2D eigenvalue weighted by Gasteiger charge is 2.26. The summed E-state index contributed by atoms with van der Waals surface area (Å²) in [4.78, 5) is 1.91. The second-order valence-electron chi connectivity index (χ2n) is 4.54. The summed E-state index contributed by atoms with van der Waals surface area (Å²) in [7, 11) is 3.74. The number of halogens is 3. The third-order valence-corrected chi connectivity index (χ3v) is 2.56. The maximum atomic E-state index is 12.1. The van der Waals surface area contributed by atoms with Gasteiger partial charge in [-0.2, -0.15) is 23.5 Å². The molecule has 6 nitrogen and oxygen atoms in total. The number of nitrogens with zero attached hydrogens (tertiary/aromatic N) is 4. The van der Waals surface area contributed by atoms with Crippen molar-refractivity contribution in [3.63, 3.8) is 0 Å². The zero-order valence-electron chi connectivity index (χ0n) is 11.3. The average Bonchev–Trinajstić information content (AvgIpc) is 2.61. The Bertz CT molecular complexity index is 486. The van der Waals surface area contributed by atoms with Crippen LogP contribution in [-0.2, 0) is 6.54 Å². The number of nitrogens with one attached hydrogen (secondary N) is 1. The molecule has 0 aromatic carbocycles. The van der Waals surface area contributed by atoms with Gasteiger partial charge in [0.2, 0.25) is 0 Å². The lowest BCUT2D eigenvalue weighted by molar-refractivity contribution is -0.131. The first-order chi connectivity index (χ1) is 9.24. The Morgan fingerprint density at radius 3 is 2.60 bits per heavy atom. The lowest BCUT2D eigenvalue weighted by Crippen LogP contribution is -2.20. The molecular weight excluding hydrogens is 273 g/mol. The Balaban J connectivity index is 2.76. The SMILES string of the molecule is CN(C)CCn1nc(NCCC(F)(F)F)c(C#N)c1N. The molecule has 0 atom stereocenters. The lowest BCUT2D eigenvalue weighted by atomic mass is 10.3. The molecule has 0 saturated heterocycles. The molecule has 0 unspecified atom stereocenters. The van der Waals surface area contributed by atoms with E-state index < -0.39 is 12.6 Å². The van der Waals surface area contributed by atoms with E-state index in [1.165, 1.54) is 4.68 Å². The van der Waals surface area contributed by atoms with Crippen LogP contribution in [0.5, 0.6) is 0 Å². The second-order valence-corrected chi connectivity index (χ2v) is 4.54. The molecule has 0 aliphatic rings. The normalized spacial score (nSPS) is 11.7. The molecule has 0 fully saturated rings. The van der Waals surface area contributed by atoms with Gasteiger partial charge >= 0.3 is 6.18 Å². The molecule has 0 saturated carbocycles.